The highest BCUT2D eigenvalue weighted by molar-refractivity contribution is 5.96. The van der Waals surface area contributed by atoms with Crippen LogP contribution in [0.5, 0.6) is 0 Å². The number of ether oxygens (including phenoxy) is 1. The molecule has 0 spiro atoms. The van der Waals surface area contributed by atoms with Crippen LogP contribution in [0.25, 0.3) is 0 Å². The summed E-state index contributed by atoms with van der Waals surface area (Å²) in [7, 11) is 0. The molecule has 0 radical (unpaired) electrons. The Morgan fingerprint density at radius 3 is 2.58 bits per heavy atom. The van der Waals surface area contributed by atoms with E-state index in [-0.39, 0.29) is 40.0 Å². The number of aliphatic hydroxyl groups excluding tert-OH is 1. The van der Waals surface area contributed by atoms with Crippen LogP contribution in [0.1, 0.15) is 86.5 Å². The van der Waals surface area contributed by atoms with E-state index in [1.54, 1.807) is 13.0 Å². The van der Waals surface area contributed by atoms with Crippen LogP contribution in [0.2, 0.25) is 0 Å². The maximum Gasteiger partial charge on any atom is 0.302 e. The SMILES string of the molecule is CC(=O)O[C@@H]1C[C@@]2(C)C=C([C@@H]3CC(=O)C(C)=C[C@H]3O)CC[C@@H]2[C@@]2(C)CCCC(C)(C)[C@@H]12. The van der Waals surface area contributed by atoms with Crippen LogP contribution >= 0.6 is 0 Å². The lowest BCUT2D eigenvalue weighted by atomic mass is 9.41. The summed E-state index contributed by atoms with van der Waals surface area (Å²) < 4.78 is 6.03. The van der Waals surface area contributed by atoms with E-state index in [0.29, 0.717) is 23.8 Å². The van der Waals surface area contributed by atoms with Crippen LogP contribution in [-0.2, 0) is 14.3 Å². The number of ketones is 1. The summed E-state index contributed by atoms with van der Waals surface area (Å²) in [5.74, 6) is 0.720. The van der Waals surface area contributed by atoms with Gasteiger partial charge >= 0.3 is 5.97 Å². The number of Topliss-reactive ketones (excluding diaryl/α,β-unsaturated/α-hetero) is 1. The zero-order chi connectivity index (χ0) is 22.8. The number of esters is 1. The third-order valence-corrected chi connectivity index (χ3v) is 9.40. The van der Waals surface area contributed by atoms with Crippen LogP contribution < -0.4 is 0 Å². The summed E-state index contributed by atoms with van der Waals surface area (Å²) in [6, 6.07) is 0. The predicted molar refractivity (Wildman–Crippen MR) is 121 cm³/mol. The van der Waals surface area contributed by atoms with Crippen molar-refractivity contribution in [1.82, 2.24) is 0 Å². The van der Waals surface area contributed by atoms with Gasteiger partial charge in [-0.1, -0.05) is 45.8 Å². The minimum Gasteiger partial charge on any atom is -0.462 e. The van der Waals surface area contributed by atoms with E-state index in [0.717, 1.165) is 19.3 Å². The monoisotopic (exact) mass is 428 g/mol. The summed E-state index contributed by atoms with van der Waals surface area (Å²) in [5, 5.41) is 10.7. The van der Waals surface area contributed by atoms with Crippen molar-refractivity contribution in [3.05, 3.63) is 23.3 Å². The first-order valence-electron chi connectivity index (χ1n) is 12.2. The van der Waals surface area contributed by atoms with Crippen molar-refractivity contribution in [1.29, 1.82) is 0 Å². The van der Waals surface area contributed by atoms with Crippen molar-refractivity contribution in [3.8, 4) is 0 Å². The molecule has 4 rings (SSSR count). The number of aliphatic hydroxyl groups is 1. The van der Waals surface area contributed by atoms with E-state index in [9.17, 15) is 14.7 Å². The second-order valence-corrected chi connectivity index (χ2v) is 12.1. The van der Waals surface area contributed by atoms with Gasteiger partial charge in [-0.2, -0.15) is 0 Å². The van der Waals surface area contributed by atoms with Crippen molar-refractivity contribution >= 4 is 11.8 Å². The first-order valence-corrected chi connectivity index (χ1v) is 12.2. The zero-order valence-electron chi connectivity index (χ0n) is 20.2. The predicted octanol–water partition coefficient (Wildman–Crippen LogP) is 5.39. The highest BCUT2D eigenvalue weighted by Gasteiger charge is 2.62. The molecular formula is C27H40O4. The molecular weight excluding hydrogens is 388 g/mol. The normalized spacial score (nSPS) is 44.5. The lowest BCUT2D eigenvalue weighted by molar-refractivity contribution is -0.199. The summed E-state index contributed by atoms with van der Waals surface area (Å²) >= 11 is 0. The van der Waals surface area contributed by atoms with Gasteiger partial charge < -0.3 is 9.84 Å². The van der Waals surface area contributed by atoms with E-state index < -0.39 is 6.10 Å². The first-order chi connectivity index (χ1) is 14.4. The molecule has 0 bridgehead atoms. The molecule has 0 heterocycles. The summed E-state index contributed by atoms with van der Waals surface area (Å²) in [6.45, 7) is 12.8. The largest absolute Gasteiger partial charge is 0.462 e. The van der Waals surface area contributed by atoms with Crippen molar-refractivity contribution in [2.24, 2.45) is 34.0 Å². The number of allylic oxidation sites excluding steroid dienone is 2. The fourth-order valence-electron chi connectivity index (χ4n) is 8.43. The van der Waals surface area contributed by atoms with Crippen LogP contribution in [0, 0.1) is 34.0 Å². The molecule has 2 saturated carbocycles. The fourth-order valence-corrected chi connectivity index (χ4v) is 8.43. The first kappa shape index (κ1) is 22.8. The highest BCUT2D eigenvalue weighted by Crippen LogP contribution is 2.67. The molecule has 0 aromatic heterocycles. The van der Waals surface area contributed by atoms with E-state index in [2.05, 4.69) is 33.8 Å². The topological polar surface area (TPSA) is 63.6 Å². The van der Waals surface area contributed by atoms with Gasteiger partial charge in [-0.25, -0.2) is 0 Å². The van der Waals surface area contributed by atoms with Gasteiger partial charge in [-0.05, 0) is 72.8 Å². The average molecular weight is 429 g/mol. The van der Waals surface area contributed by atoms with Gasteiger partial charge in [0.25, 0.3) is 0 Å². The lowest BCUT2D eigenvalue weighted by Gasteiger charge is -2.65. The number of fused-ring (bicyclic) bond motifs is 3. The molecule has 172 valence electrons. The van der Waals surface area contributed by atoms with Crippen molar-refractivity contribution in [2.45, 2.75) is 98.7 Å². The molecule has 0 amide bonds. The minimum absolute atomic E-state index is 0.0882. The summed E-state index contributed by atoms with van der Waals surface area (Å²) in [4.78, 5) is 24.4. The van der Waals surface area contributed by atoms with E-state index in [4.69, 9.17) is 4.74 Å². The molecule has 0 unspecified atom stereocenters. The number of carbonyl (C=O) groups excluding carboxylic acids is 2. The maximum atomic E-state index is 12.4. The second-order valence-electron chi connectivity index (χ2n) is 12.1. The molecule has 0 aliphatic heterocycles. The van der Waals surface area contributed by atoms with E-state index >= 15 is 0 Å². The number of hydrogen-bond donors (Lipinski definition) is 1. The second kappa shape index (κ2) is 7.57. The van der Waals surface area contributed by atoms with Gasteiger partial charge in [0.05, 0.1) is 6.10 Å². The third-order valence-electron chi connectivity index (χ3n) is 9.40. The van der Waals surface area contributed by atoms with Gasteiger partial charge in [0.1, 0.15) is 6.10 Å². The lowest BCUT2D eigenvalue weighted by Crippen LogP contribution is -2.61. The van der Waals surface area contributed by atoms with Gasteiger partial charge in [-0.3, -0.25) is 9.59 Å². The Bertz CT molecular complexity index is 836. The molecule has 4 nitrogen and oxygen atoms in total. The van der Waals surface area contributed by atoms with Crippen LogP contribution in [-0.4, -0.2) is 29.1 Å². The van der Waals surface area contributed by atoms with Crippen molar-refractivity contribution in [3.63, 3.8) is 0 Å². The summed E-state index contributed by atoms with van der Waals surface area (Å²) in [6.07, 6.45) is 10.3. The Kier molecular flexibility index (Phi) is 5.56. The molecule has 7 atom stereocenters. The molecule has 0 aromatic rings. The molecule has 4 aliphatic carbocycles. The maximum absolute atomic E-state index is 12.4. The van der Waals surface area contributed by atoms with E-state index in [1.807, 2.05) is 0 Å². The number of rotatable bonds is 2. The van der Waals surface area contributed by atoms with Crippen molar-refractivity contribution in [2.75, 3.05) is 0 Å². The molecule has 2 fully saturated rings. The Balaban J connectivity index is 1.73. The zero-order valence-corrected chi connectivity index (χ0v) is 20.2. The molecule has 1 N–H and O–H groups in total. The smallest absolute Gasteiger partial charge is 0.302 e. The molecule has 4 aliphatic rings. The quantitative estimate of drug-likeness (QED) is 0.473. The minimum atomic E-state index is -0.589. The van der Waals surface area contributed by atoms with Crippen molar-refractivity contribution < 1.29 is 19.4 Å². The standard InChI is InChI=1S/C27H40O4/c1-16-12-21(30)19(13-20(16)29)18-8-9-23-26(5,14-18)15-22(31-17(2)28)24-25(3,4)10-7-11-27(23,24)6/h12,14,19,21-24,30H,7-11,13,15H2,1-6H3/t19-,21+,22+,23-,24+,26+,27+/m0/s1. The number of carbonyl (C=O) groups is 2. The summed E-state index contributed by atoms with van der Waals surface area (Å²) in [5.41, 5.74) is 2.07. The van der Waals surface area contributed by atoms with Gasteiger partial charge in [0.15, 0.2) is 5.78 Å². The van der Waals surface area contributed by atoms with Crippen LogP contribution in [0.3, 0.4) is 0 Å². The van der Waals surface area contributed by atoms with Crippen LogP contribution in [0.15, 0.2) is 23.3 Å². The van der Waals surface area contributed by atoms with Gasteiger partial charge in [-0.15, -0.1) is 0 Å². The van der Waals surface area contributed by atoms with Gasteiger partial charge in [0, 0.05) is 25.2 Å². The Morgan fingerprint density at radius 1 is 1.19 bits per heavy atom. The molecule has 31 heavy (non-hydrogen) atoms. The van der Waals surface area contributed by atoms with Crippen LogP contribution in [0.4, 0.5) is 0 Å². The Morgan fingerprint density at radius 2 is 1.90 bits per heavy atom. The molecule has 0 saturated heterocycles. The Hall–Kier alpha value is -1.42. The highest BCUT2D eigenvalue weighted by atomic mass is 16.5. The molecule has 4 heteroatoms. The van der Waals surface area contributed by atoms with E-state index in [1.165, 1.54) is 31.8 Å². The number of hydrogen-bond acceptors (Lipinski definition) is 4. The van der Waals surface area contributed by atoms with Gasteiger partial charge in [0.2, 0.25) is 0 Å². The molecule has 0 aromatic carbocycles. The average Bonchev–Trinajstić information content (AvgIpc) is 2.62. The Labute approximate surface area is 187 Å². The third kappa shape index (κ3) is 3.73. The fraction of sp³-hybridized carbons (Fsp3) is 0.778.